The normalized spacial score (nSPS) is 21.0. The maximum Gasteiger partial charge on any atom is 0.275 e. The van der Waals surface area contributed by atoms with Gasteiger partial charge in [-0.2, -0.15) is 0 Å². The number of ether oxygens (including phenoxy) is 1. The highest BCUT2D eigenvalue weighted by Gasteiger charge is 2.31. The van der Waals surface area contributed by atoms with E-state index in [1.807, 2.05) is 37.3 Å². The standard InChI is InChI=1S/C27H24N6O3S/c1-14-11-28-25(29-12-14)16-9-20-23-21(10-16)36-17-8-15(2)32(13-17)6-7-33-27(35)19-5-3-4-18(24(19)37-33)22(31-23)26(34)30-20/h3-5,9-12,15,17H,6-8,13H2,1-2H3,(H,30,34)/t15-,17+/m1/s1. The van der Waals surface area contributed by atoms with Gasteiger partial charge in [-0.25, -0.2) is 15.0 Å². The van der Waals surface area contributed by atoms with E-state index in [2.05, 4.69) is 26.8 Å². The molecular formula is C27H24N6O3S. The summed E-state index contributed by atoms with van der Waals surface area (Å²) < 4.78 is 9.15. The fraction of sp³-hybridized carbons (Fsp3) is 0.296. The van der Waals surface area contributed by atoms with Crippen molar-refractivity contribution in [3.63, 3.8) is 0 Å². The lowest BCUT2D eigenvalue weighted by molar-refractivity contribution is 0.197. The molecule has 7 rings (SSSR count). The van der Waals surface area contributed by atoms with Crippen molar-refractivity contribution in [3.05, 3.63) is 69.0 Å². The van der Waals surface area contributed by atoms with Crippen LogP contribution in [0.3, 0.4) is 0 Å². The molecule has 9 nitrogen and oxygen atoms in total. The predicted octanol–water partition coefficient (Wildman–Crippen LogP) is 3.59. The average molecular weight is 513 g/mol. The van der Waals surface area contributed by atoms with Gasteiger partial charge < -0.3 is 9.72 Å². The molecule has 5 aromatic rings. The molecule has 2 aromatic carbocycles. The number of benzene rings is 2. The van der Waals surface area contributed by atoms with Crippen LogP contribution in [-0.4, -0.2) is 54.0 Å². The Morgan fingerprint density at radius 1 is 1.14 bits per heavy atom. The number of aryl methyl sites for hydroxylation is 1. The molecule has 0 aliphatic carbocycles. The molecule has 1 fully saturated rings. The predicted molar refractivity (Wildman–Crippen MR) is 143 cm³/mol. The van der Waals surface area contributed by atoms with Crippen molar-refractivity contribution in [3.8, 4) is 28.4 Å². The number of H-pyrrole nitrogens is 1. The van der Waals surface area contributed by atoms with E-state index >= 15 is 0 Å². The van der Waals surface area contributed by atoms with Crippen molar-refractivity contribution < 1.29 is 4.74 Å². The third-order valence-corrected chi connectivity index (χ3v) is 8.47. The monoisotopic (exact) mass is 512 g/mol. The summed E-state index contributed by atoms with van der Waals surface area (Å²) in [4.78, 5) is 45.7. The van der Waals surface area contributed by atoms with Crippen LogP contribution < -0.4 is 15.9 Å². The van der Waals surface area contributed by atoms with E-state index in [4.69, 9.17) is 9.72 Å². The van der Waals surface area contributed by atoms with Crippen molar-refractivity contribution in [2.75, 3.05) is 13.1 Å². The van der Waals surface area contributed by atoms with E-state index in [9.17, 15) is 9.59 Å². The average Bonchev–Trinajstić information content (AvgIpc) is 3.40. The number of hydrogen-bond donors (Lipinski definition) is 1. The lowest BCUT2D eigenvalue weighted by atomic mass is 10.1. The number of aromatic amines is 1. The van der Waals surface area contributed by atoms with E-state index < -0.39 is 0 Å². The molecule has 1 N–H and O–H groups in total. The van der Waals surface area contributed by atoms with Gasteiger partial charge in [-0.15, -0.1) is 0 Å². The molecule has 1 unspecified atom stereocenters. The minimum atomic E-state index is -0.326. The zero-order valence-electron chi connectivity index (χ0n) is 20.4. The molecule has 6 bridgehead atoms. The van der Waals surface area contributed by atoms with Gasteiger partial charge in [0.1, 0.15) is 23.1 Å². The van der Waals surface area contributed by atoms with Gasteiger partial charge in [0, 0.05) is 55.6 Å². The Balaban J connectivity index is 1.51. The van der Waals surface area contributed by atoms with E-state index in [0.29, 0.717) is 46.1 Å². The molecule has 0 amide bonds. The van der Waals surface area contributed by atoms with E-state index in [1.165, 1.54) is 11.5 Å². The van der Waals surface area contributed by atoms with Crippen LogP contribution in [-0.2, 0) is 6.54 Å². The molecule has 2 aliphatic heterocycles. The van der Waals surface area contributed by atoms with Crippen LogP contribution in [0, 0.1) is 6.92 Å². The number of fused-ring (bicyclic) bond motifs is 5. The second kappa shape index (κ2) is 8.32. The second-order valence-corrected chi connectivity index (χ2v) is 10.9. The van der Waals surface area contributed by atoms with Gasteiger partial charge in [-0.1, -0.05) is 23.7 Å². The highest BCUT2D eigenvalue weighted by Crippen LogP contribution is 2.34. The maximum absolute atomic E-state index is 13.4. The zero-order valence-corrected chi connectivity index (χ0v) is 21.2. The Morgan fingerprint density at radius 2 is 1.97 bits per heavy atom. The van der Waals surface area contributed by atoms with E-state index in [-0.39, 0.29) is 22.9 Å². The number of nitrogens with one attached hydrogen (secondary N) is 1. The first kappa shape index (κ1) is 22.3. The van der Waals surface area contributed by atoms with Gasteiger partial charge in [0.05, 0.1) is 15.6 Å². The number of nitrogens with zero attached hydrogens (tertiary/aromatic N) is 5. The second-order valence-electron chi connectivity index (χ2n) is 9.87. The topological polar surface area (TPSA) is 106 Å². The highest BCUT2D eigenvalue weighted by molar-refractivity contribution is 7.14. The van der Waals surface area contributed by atoms with E-state index in [0.717, 1.165) is 35.3 Å². The van der Waals surface area contributed by atoms with Crippen LogP contribution in [0.15, 0.2) is 52.3 Å². The molecule has 10 heteroatoms. The summed E-state index contributed by atoms with van der Waals surface area (Å²) in [6.07, 6.45) is 4.34. The lowest BCUT2D eigenvalue weighted by Gasteiger charge is -2.20. The molecule has 37 heavy (non-hydrogen) atoms. The first-order valence-electron chi connectivity index (χ1n) is 12.4. The Bertz CT molecular complexity index is 1810. The Morgan fingerprint density at radius 3 is 2.81 bits per heavy atom. The van der Waals surface area contributed by atoms with Gasteiger partial charge in [-0.05, 0) is 37.6 Å². The molecule has 3 aromatic heterocycles. The molecule has 0 saturated carbocycles. The summed E-state index contributed by atoms with van der Waals surface area (Å²) in [7, 11) is 0. The van der Waals surface area contributed by atoms with Crippen LogP contribution in [0.1, 0.15) is 18.9 Å². The van der Waals surface area contributed by atoms with Crippen molar-refractivity contribution >= 4 is 32.7 Å². The molecule has 2 aliphatic rings. The lowest BCUT2D eigenvalue weighted by Crippen LogP contribution is -2.33. The summed E-state index contributed by atoms with van der Waals surface area (Å²) in [5, 5.41) is 0.606. The molecule has 0 spiro atoms. The summed E-state index contributed by atoms with van der Waals surface area (Å²) in [5.74, 6) is 1.14. The van der Waals surface area contributed by atoms with Crippen LogP contribution in [0.2, 0.25) is 0 Å². The van der Waals surface area contributed by atoms with Crippen molar-refractivity contribution in [2.24, 2.45) is 0 Å². The van der Waals surface area contributed by atoms with Crippen molar-refractivity contribution in [1.29, 1.82) is 0 Å². The zero-order chi connectivity index (χ0) is 25.3. The molecular weight excluding hydrogens is 488 g/mol. The van der Waals surface area contributed by atoms with Crippen LogP contribution in [0.5, 0.6) is 5.75 Å². The van der Waals surface area contributed by atoms with Gasteiger partial charge in [0.25, 0.3) is 11.1 Å². The van der Waals surface area contributed by atoms with Gasteiger partial charge in [0.2, 0.25) is 0 Å². The van der Waals surface area contributed by atoms with Crippen LogP contribution >= 0.6 is 11.5 Å². The van der Waals surface area contributed by atoms with Crippen LogP contribution in [0.4, 0.5) is 0 Å². The summed E-state index contributed by atoms with van der Waals surface area (Å²) in [5.41, 5.74) is 3.39. The van der Waals surface area contributed by atoms with Crippen LogP contribution in [0.25, 0.3) is 43.8 Å². The quantitative estimate of drug-likeness (QED) is 0.366. The third-order valence-electron chi connectivity index (χ3n) is 7.28. The molecule has 3 atom stereocenters. The number of aromatic nitrogens is 5. The minimum Gasteiger partial charge on any atom is -0.487 e. The fourth-order valence-electron chi connectivity index (χ4n) is 5.37. The van der Waals surface area contributed by atoms with Gasteiger partial charge >= 0.3 is 0 Å². The van der Waals surface area contributed by atoms with Crippen molar-refractivity contribution in [2.45, 2.75) is 39.0 Å². The minimum absolute atomic E-state index is 0.0305. The molecule has 186 valence electrons. The number of hydrogen-bond acceptors (Lipinski definition) is 8. The SMILES string of the molecule is Cc1cnc(-c2cc3c4nc(c(=O)[nH]c4c2)-c2cccc4c(=O)n(sc24)CCN2C[C@H](C[C@H]2C)O3)nc1. The Kier molecular flexibility index (Phi) is 5.02. The summed E-state index contributed by atoms with van der Waals surface area (Å²) in [6, 6.07) is 9.54. The summed E-state index contributed by atoms with van der Waals surface area (Å²) in [6.45, 7) is 6.21. The van der Waals surface area contributed by atoms with E-state index in [1.54, 1.807) is 16.4 Å². The van der Waals surface area contributed by atoms with Gasteiger partial charge in [-0.3, -0.25) is 18.4 Å². The maximum atomic E-state index is 13.4. The van der Waals surface area contributed by atoms with Crippen molar-refractivity contribution in [1.82, 2.24) is 28.8 Å². The number of rotatable bonds is 1. The summed E-state index contributed by atoms with van der Waals surface area (Å²) >= 11 is 1.40. The fourth-order valence-corrected chi connectivity index (χ4v) is 6.46. The van der Waals surface area contributed by atoms with Gasteiger partial charge in [0.15, 0.2) is 5.82 Å². The molecule has 0 radical (unpaired) electrons. The largest absolute Gasteiger partial charge is 0.487 e. The third kappa shape index (κ3) is 3.67. The first-order valence-corrected chi connectivity index (χ1v) is 13.1. The molecule has 1 saturated heterocycles. The smallest absolute Gasteiger partial charge is 0.275 e. The first-order chi connectivity index (χ1) is 17.9. The Labute approximate surface area is 215 Å². The molecule has 5 heterocycles. The Hall–Kier alpha value is -3.89. The highest BCUT2D eigenvalue weighted by atomic mass is 32.1.